The number of ether oxygens (including phenoxy) is 1. The largest absolute Gasteiger partial charge is 0.492 e. The van der Waals surface area contributed by atoms with Crippen LogP contribution >= 0.6 is 15.9 Å². The first-order valence-corrected chi connectivity index (χ1v) is 4.18. The SMILES string of the molecule is COc1c(Br)oc2ccncc12. The fourth-order valence-electron chi connectivity index (χ4n) is 1.08. The topological polar surface area (TPSA) is 35.3 Å². The van der Waals surface area contributed by atoms with Gasteiger partial charge in [0.05, 0.1) is 12.5 Å². The molecule has 2 aromatic heterocycles. The Kier molecular flexibility index (Phi) is 1.77. The predicted octanol–water partition coefficient (Wildman–Crippen LogP) is 2.60. The molecule has 0 spiro atoms. The molecule has 2 rings (SSSR count). The number of halogens is 1. The van der Waals surface area contributed by atoms with Crippen LogP contribution in [-0.4, -0.2) is 12.1 Å². The van der Waals surface area contributed by atoms with E-state index in [-0.39, 0.29) is 0 Å². The molecule has 0 radical (unpaired) electrons. The second-order valence-electron chi connectivity index (χ2n) is 2.28. The first kappa shape index (κ1) is 7.61. The van der Waals surface area contributed by atoms with Gasteiger partial charge >= 0.3 is 0 Å². The molecule has 2 heterocycles. The van der Waals surface area contributed by atoms with Gasteiger partial charge in [0, 0.05) is 12.4 Å². The smallest absolute Gasteiger partial charge is 0.212 e. The van der Waals surface area contributed by atoms with E-state index in [4.69, 9.17) is 9.15 Å². The summed E-state index contributed by atoms with van der Waals surface area (Å²) in [6.45, 7) is 0. The van der Waals surface area contributed by atoms with Crippen molar-refractivity contribution in [1.82, 2.24) is 4.98 Å². The van der Waals surface area contributed by atoms with Crippen molar-refractivity contribution in [2.75, 3.05) is 7.11 Å². The van der Waals surface area contributed by atoms with Crippen LogP contribution in [0.5, 0.6) is 5.75 Å². The highest BCUT2D eigenvalue weighted by Gasteiger charge is 2.11. The first-order valence-electron chi connectivity index (χ1n) is 3.39. The van der Waals surface area contributed by atoms with E-state index in [9.17, 15) is 0 Å². The van der Waals surface area contributed by atoms with E-state index in [1.54, 1.807) is 25.6 Å². The Morgan fingerprint density at radius 2 is 2.42 bits per heavy atom. The number of fused-ring (bicyclic) bond motifs is 1. The normalized spacial score (nSPS) is 10.5. The number of methoxy groups -OCH3 is 1. The van der Waals surface area contributed by atoms with E-state index in [2.05, 4.69) is 20.9 Å². The summed E-state index contributed by atoms with van der Waals surface area (Å²) in [7, 11) is 1.60. The summed E-state index contributed by atoms with van der Waals surface area (Å²) < 4.78 is 11.1. The van der Waals surface area contributed by atoms with Gasteiger partial charge in [0.1, 0.15) is 5.58 Å². The molecule has 0 aliphatic carbocycles. The minimum atomic E-state index is 0.605. The maximum absolute atomic E-state index is 5.34. The van der Waals surface area contributed by atoms with Crippen molar-refractivity contribution in [3.63, 3.8) is 0 Å². The van der Waals surface area contributed by atoms with Gasteiger partial charge < -0.3 is 9.15 Å². The lowest BCUT2D eigenvalue weighted by atomic mass is 10.3. The predicted molar refractivity (Wildman–Crippen MR) is 48.3 cm³/mol. The molecular formula is C8H6BrNO2. The van der Waals surface area contributed by atoms with E-state index >= 15 is 0 Å². The van der Waals surface area contributed by atoms with Gasteiger partial charge in [-0.2, -0.15) is 0 Å². The number of furan rings is 1. The molecule has 0 amide bonds. The second kappa shape index (κ2) is 2.79. The van der Waals surface area contributed by atoms with Crippen molar-refractivity contribution < 1.29 is 9.15 Å². The van der Waals surface area contributed by atoms with E-state index in [0.29, 0.717) is 10.4 Å². The third-order valence-electron chi connectivity index (χ3n) is 1.61. The van der Waals surface area contributed by atoms with E-state index in [0.717, 1.165) is 11.0 Å². The molecule has 0 aliphatic rings. The van der Waals surface area contributed by atoms with Gasteiger partial charge in [-0.15, -0.1) is 0 Å². The molecule has 0 aliphatic heterocycles. The minimum Gasteiger partial charge on any atom is -0.492 e. The quantitative estimate of drug-likeness (QED) is 0.752. The fourth-order valence-corrected chi connectivity index (χ4v) is 1.63. The summed E-state index contributed by atoms with van der Waals surface area (Å²) in [6, 6.07) is 1.79. The molecule has 0 saturated heterocycles. The van der Waals surface area contributed by atoms with E-state index in [1.165, 1.54) is 0 Å². The molecule has 2 aromatic rings. The van der Waals surface area contributed by atoms with Crippen LogP contribution in [0.2, 0.25) is 0 Å². The van der Waals surface area contributed by atoms with Crippen LogP contribution in [0.3, 0.4) is 0 Å². The Labute approximate surface area is 77.5 Å². The highest BCUT2D eigenvalue weighted by molar-refractivity contribution is 9.10. The van der Waals surface area contributed by atoms with E-state index in [1.807, 2.05) is 0 Å². The maximum atomic E-state index is 5.34. The molecule has 0 N–H and O–H groups in total. The van der Waals surface area contributed by atoms with Crippen LogP contribution in [0, 0.1) is 0 Å². The minimum absolute atomic E-state index is 0.605. The van der Waals surface area contributed by atoms with Crippen LogP contribution in [0.25, 0.3) is 11.0 Å². The number of hydrogen-bond acceptors (Lipinski definition) is 3. The molecule has 62 valence electrons. The summed E-state index contributed by atoms with van der Waals surface area (Å²) in [5.41, 5.74) is 0.772. The number of hydrogen-bond donors (Lipinski definition) is 0. The van der Waals surface area contributed by atoms with Gasteiger partial charge in [-0.25, -0.2) is 0 Å². The van der Waals surface area contributed by atoms with Crippen LogP contribution in [0.15, 0.2) is 27.5 Å². The first-order chi connectivity index (χ1) is 5.83. The molecule has 12 heavy (non-hydrogen) atoms. The van der Waals surface area contributed by atoms with Crippen LogP contribution in [-0.2, 0) is 0 Å². The third-order valence-corrected chi connectivity index (χ3v) is 2.13. The Morgan fingerprint density at radius 3 is 3.17 bits per heavy atom. The molecule has 0 atom stereocenters. The second-order valence-corrected chi connectivity index (χ2v) is 3.00. The lowest BCUT2D eigenvalue weighted by Gasteiger charge is -1.93. The van der Waals surface area contributed by atoms with Gasteiger partial charge in [-0.05, 0) is 22.0 Å². The fraction of sp³-hybridized carbons (Fsp3) is 0.125. The zero-order valence-electron chi connectivity index (χ0n) is 6.37. The maximum Gasteiger partial charge on any atom is 0.212 e. The molecular weight excluding hydrogens is 222 g/mol. The van der Waals surface area contributed by atoms with Gasteiger partial charge in [-0.3, -0.25) is 4.98 Å². The molecule has 0 bridgehead atoms. The Hall–Kier alpha value is -1.03. The molecule has 0 aromatic carbocycles. The Balaban J connectivity index is 2.81. The number of pyridine rings is 1. The molecule has 0 fully saturated rings. The summed E-state index contributed by atoms with van der Waals surface area (Å²) in [4.78, 5) is 3.97. The van der Waals surface area contributed by atoms with Gasteiger partial charge in [-0.1, -0.05) is 0 Å². The van der Waals surface area contributed by atoms with Crippen LogP contribution in [0.4, 0.5) is 0 Å². The Morgan fingerprint density at radius 1 is 1.58 bits per heavy atom. The molecule has 0 saturated carbocycles. The number of nitrogens with zero attached hydrogens (tertiary/aromatic N) is 1. The average molecular weight is 228 g/mol. The Bertz CT molecular complexity index is 410. The van der Waals surface area contributed by atoms with Crippen molar-refractivity contribution in [3.05, 3.63) is 23.1 Å². The number of rotatable bonds is 1. The van der Waals surface area contributed by atoms with Crippen LogP contribution in [0.1, 0.15) is 0 Å². The van der Waals surface area contributed by atoms with Crippen molar-refractivity contribution in [2.45, 2.75) is 0 Å². The number of aromatic nitrogens is 1. The summed E-state index contributed by atoms with van der Waals surface area (Å²) in [5.74, 6) is 0.693. The van der Waals surface area contributed by atoms with Gasteiger partial charge in [0.2, 0.25) is 4.67 Å². The molecule has 4 heteroatoms. The zero-order chi connectivity index (χ0) is 8.55. The monoisotopic (exact) mass is 227 g/mol. The van der Waals surface area contributed by atoms with Gasteiger partial charge in [0.15, 0.2) is 5.75 Å². The average Bonchev–Trinajstić information content (AvgIpc) is 2.40. The standard InChI is InChI=1S/C8H6BrNO2/c1-11-7-5-4-10-3-2-6(5)12-8(7)9/h2-4H,1H3. The zero-order valence-corrected chi connectivity index (χ0v) is 7.96. The highest BCUT2D eigenvalue weighted by atomic mass is 79.9. The summed E-state index contributed by atoms with van der Waals surface area (Å²) >= 11 is 3.25. The van der Waals surface area contributed by atoms with Crippen molar-refractivity contribution in [3.8, 4) is 5.75 Å². The molecule has 3 nitrogen and oxygen atoms in total. The van der Waals surface area contributed by atoms with Crippen molar-refractivity contribution in [2.24, 2.45) is 0 Å². The van der Waals surface area contributed by atoms with Gasteiger partial charge in [0.25, 0.3) is 0 Å². The molecule has 0 unspecified atom stereocenters. The summed E-state index contributed by atoms with van der Waals surface area (Å²) in [6.07, 6.45) is 3.39. The lowest BCUT2D eigenvalue weighted by Crippen LogP contribution is -1.80. The summed E-state index contributed by atoms with van der Waals surface area (Å²) in [5, 5.41) is 0.881. The van der Waals surface area contributed by atoms with Crippen LogP contribution < -0.4 is 4.74 Å². The van der Waals surface area contributed by atoms with Crippen molar-refractivity contribution >= 4 is 26.9 Å². The van der Waals surface area contributed by atoms with E-state index < -0.39 is 0 Å². The third kappa shape index (κ3) is 0.992. The van der Waals surface area contributed by atoms with Crippen molar-refractivity contribution in [1.29, 1.82) is 0 Å². The lowest BCUT2D eigenvalue weighted by molar-refractivity contribution is 0.403. The highest BCUT2D eigenvalue weighted by Crippen LogP contribution is 2.35.